The first kappa shape index (κ1) is 17.8. The van der Waals surface area contributed by atoms with E-state index in [4.69, 9.17) is 10.5 Å². The van der Waals surface area contributed by atoms with Gasteiger partial charge in [-0.25, -0.2) is 4.68 Å². The smallest absolute Gasteiger partial charge is 0.224 e. The maximum Gasteiger partial charge on any atom is 0.224 e. The topological polar surface area (TPSA) is 90.9 Å². The van der Waals surface area contributed by atoms with Gasteiger partial charge in [0.25, 0.3) is 0 Å². The summed E-state index contributed by atoms with van der Waals surface area (Å²) in [6.07, 6.45) is 3.59. The lowest BCUT2D eigenvalue weighted by Gasteiger charge is -2.17. The number of rotatable bonds is 6. The number of aromatic nitrogens is 4. The largest absolute Gasteiger partial charge is 0.491 e. The third-order valence-corrected chi connectivity index (χ3v) is 4.28. The normalized spacial score (nSPS) is 11.1. The zero-order valence-electron chi connectivity index (χ0n) is 15.8. The Kier molecular flexibility index (Phi) is 4.80. The van der Waals surface area contributed by atoms with Gasteiger partial charge in [0, 0.05) is 30.6 Å². The molecule has 3 N–H and O–H groups in total. The van der Waals surface area contributed by atoms with Gasteiger partial charge < -0.3 is 15.8 Å². The number of hydrogen-bond acceptors (Lipinski definition) is 6. The van der Waals surface area contributed by atoms with Gasteiger partial charge in [-0.2, -0.15) is 15.1 Å². The fourth-order valence-corrected chi connectivity index (χ4v) is 3.11. The van der Waals surface area contributed by atoms with Gasteiger partial charge >= 0.3 is 0 Å². The van der Waals surface area contributed by atoms with Crippen LogP contribution in [-0.4, -0.2) is 25.9 Å². The molecule has 0 atom stereocenters. The number of nitrogens with two attached hydrogens (primary N) is 1. The molecule has 0 saturated carbocycles. The maximum absolute atomic E-state index is 6.04. The van der Waals surface area contributed by atoms with Gasteiger partial charge in [-0.1, -0.05) is 30.3 Å². The van der Waals surface area contributed by atoms with Crippen LogP contribution in [0.3, 0.4) is 0 Å². The summed E-state index contributed by atoms with van der Waals surface area (Å²) in [6, 6.07) is 16.0. The Morgan fingerprint density at radius 3 is 2.75 bits per heavy atom. The van der Waals surface area contributed by atoms with Crippen LogP contribution < -0.4 is 15.8 Å². The molecule has 0 radical (unpaired) electrons. The predicted octanol–water partition coefficient (Wildman–Crippen LogP) is 3.80. The lowest BCUT2D eigenvalue weighted by Crippen LogP contribution is -2.11. The summed E-state index contributed by atoms with van der Waals surface area (Å²) in [5, 5.41) is 9.86. The molecule has 0 aliphatic heterocycles. The SMILES string of the molecule is CC(C)Oc1ccc2ccccc2c1CNc1cc(-n2cccn2)nc(N)n1. The van der Waals surface area contributed by atoms with Crippen LogP contribution in [0.5, 0.6) is 5.75 Å². The lowest BCUT2D eigenvalue weighted by atomic mass is 10.0. The van der Waals surface area contributed by atoms with Crippen LogP contribution in [0.15, 0.2) is 60.9 Å². The summed E-state index contributed by atoms with van der Waals surface area (Å²) >= 11 is 0. The van der Waals surface area contributed by atoms with Gasteiger partial charge in [-0.15, -0.1) is 0 Å². The highest BCUT2D eigenvalue weighted by atomic mass is 16.5. The molecule has 2 aromatic carbocycles. The van der Waals surface area contributed by atoms with E-state index in [0.29, 0.717) is 18.2 Å². The Morgan fingerprint density at radius 2 is 1.96 bits per heavy atom. The highest BCUT2D eigenvalue weighted by Crippen LogP contribution is 2.29. The predicted molar refractivity (Wildman–Crippen MR) is 111 cm³/mol. The molecule has 4 aromatic rings. The van der Waals surface area contributed by atoms with E-state index in [0.717, 1.165) is 22.1 Å². The first-order valence-electron chi connectivity index (χ1n) is 9.16. The number of ether oxygens (including phenoxy) is 1. The molecule has 2 heterocycles. The molecule has 0 aliphatic carbocycles. The zero-order valence-corrected chi connectivity index (χ0v) is 15.8. The maximum atomic E-state index is 6.04. The zero-order chi connectivity index (χ0) is 19.5. The van der Waals surface area contributed by atoms with Gasteiger partial charge in [-0.3, -0.25) is 0 Å². The Balaban J connectivity index is 1.67. The van der Waals surface area contributed by atoms with E-state index in [2.05, 4.69) is 38.6 Å². The monoisotopic (exact) mass is 374 g/mol. The quantitative estimate of drug-likeness (QED) is 0.533. The second-order valence-electron chi connectivity index (χ2n) is 6.70. The van der Waals surface area contributed by atoms with E-state index in [-0.39, 0.29) is 12.1 Å². The molecule has 0 aliphatic rings. The van der Waals surface area contributed by atoms with E-state index in [9.17, 15) is 0 Å². The second-order valence-corrected chi connectivity index (χ2v) is 6.70. The molecule has 0 saturated heterocycles. The van der Waals surface area contributed by atoms with Crippen molar-refractivity contribution in [2.45, 2.75) is 26.5 Å². The molecule has 0 fully saturated rings. The van der Waals surface area contributed by atoms with Gasteiger partial charge in [0.15, 0.2) is 5.82 Å². The molecule has 0 amide bonds. The summed E-state index contributed by atoms with van der Waals surface area (Å²) in [5.74, 6) is 2.28. The van der Waals surface area contributed by atoms with Crippen LogP contribution in [0.4, 0.5) is 11.8 Å². The van der Waals surface area contributed by atoms with Crippen LogP contribution in [0, 0.1) is 0 Å². The highest BCUT2D eigenvalue weighted by molar-refractivity contribution is 5.88. The second kappa shape index (κ2) is 7.56. The standard InChI is InChI=1S/C21H22N6O/c1-14(2)28-18-9-8-15-6-3-4-7-16(15)17(18)13-23-19-12-20(26-21(22)25-19)27-11-5-10-24-27/h3-12,14H,13H2,1-2H3,(H3,22,23,25,26). The van der Waals surface area contributed by atoms with Crippen molar-refractivity contribution in [1.82, 2.24) is 19.7 Å². The van der Waals surface area contributed by atoms with Crippen molar-refractivity contribution >= 4 is 22.5 Å². The first-order chi connectivity index (χ1) is 13.6. The average molecular weight is 374 g/mol. The Morgan fingerprint density at radius 1 is 1.11 bits per heavy atom. The third kappa shape index (κ3) is 3.73. The van der Waals surface area contributed by atoms with Crippen LogP contribution >= 0.6 is 0 Å². The molecule has 0 unspecified atom stereocenters. The van der Waals surface area contributed by atoms with Crippen molar-refractivity contribution in [2.24, 2.45) is 0 Å². The lowest BCUT2D eigenvalue weighted by molar-refractivity contribution is 0.240. The van der Waals surface area contributed by atoms with Gasteiger partial charge in [0.2, 0.25) is 5.95 Å². The van der Waals surface area contributed by atoms with Crippen molar-refractivity contribution in [1.29, 1.82) is 0 Å². The van der Waals surface area contributed by atoms with Crippen molar-refractivity contribution in [3.05, 3.63) is 66.5 Å². The molecule has 7 nitrogen and oxygen atoms in total. The number of benzene rings is 2. The van der Waals surface area contributed by atoms with E-state index in [1.807, 2.05) is 50.4 Å². The number of nitrogen functional groups attached to an aromatic ring is 1. The van der Waals surface area contributed by atoms with Gasteiger partial charge in [0.05, 0.1) is 6.10 Å². The van der Waals surface area contributed by atoms with Crippen molar-refractivity contribution in [3.8, 4) is 11.6 Å². The van der Waals surface area contributed by atoms with Crippen molar-refractivity contribution < 1.29 is 4.74 Å². The number of nitrogens with one attached hydrogen (secondary N) is 1. The fourth-order valence-electron chi connectivity index (χ4n) is 3.11. The molecule has 0 spiro atoms. The molecule has 2 aromatic heterocycles. The highest BCUT2D eigenvalue weighted by Gasteiger charge is 2.12. The minimum Gasteiger partial charge on any atom is -0.491 e. The molecule has 28 heavy (non-hydrogen) atoms. The fraction of sp³-hybridized carbons (Fsp3) is 0.190. The third-order valence-electron chi connectivity index (χ3n) is 4.28. The Hall–Kier alpha value is -3.61. The van der Waals surface area contributed by atoms with Crippen molar-refractivity contribution in [3.63, 3.8) is 0 Å². The Bertz CT molecular complexity index is 1090. The molecule has 4 rings (SSSR count). The minimum absolute atomic E-state index is 0.0843. The molecular formula is C21H22N6O. The van der Waals surface area contributed by atoms with Crippen molar-refractivity contribution in [2.75, 3.05) is 11.1 Å². The van der Waals surface area contributed by atoms with E-state index < -0.39 is 0 Å². The van der Waals surface area contributed by atoms with Gasteiger partial charge in [-0.05, 0) is 36.8 Å². The molecule has 142 valence electrons. The minimum atomic E-state index is 0.0843. The van der Waals surface area contributed by atoms with Crippen LogP contribution in [0.2, 0.25) is 0 Å². The number of nitrogens with zero attached hydrogens (tertiary/aromatic N) is 4. The van der Waals surface area contributed by atoms with E-state index >= 15 is 0 Å². The number of hydrogen-bond donors (Lipinski definition) is 2. The summed E-state index contributed by atoms with van der Waals surface area (Å²) in [7, 11) is 0. The number of fused-ring (bicyclic) bond motifs is 1. The number of anilines is 2. The molecule has 7 heteroatoms. The summed E-state index contributed by atoms with van der Waals surface area (Å²) in [5.41, 5.74) is 6.97. The molecular weight excluding hydrogens is 352 g/mol. The Labute approximate surface area is 163 Å². The summed E-state index contributed by atoms with van der Waals surface area (Å²) in [6.45, 7) is 4.58. The van der Waals surface area contributed by atoms with Gasteiger partial charge in [0.1, 0.15) is 11.6 Å². The molecule has 0 bridgehead atoms. The van der Waals surface area contributed by atoms with E-state index in [1.54, 1.807) is 10.9 Å². The first-order valence-corrected chi connectivity index (χ1v) is 9.16. The van der Waals surface area contributed by atoms with E-state index in [1.165, 1.54) is 0 Å². The van der Waals surface area contributed by atoms with Crippen LogP contribution in [-0.2, 0) is 6.54 Å². The van der Waals surface area contributed by atoms with Crippen LogP contribution in [0.1, 0.15) is 19.4 Å². The van der Waals surface area contributed by atoms with Crippen LogP contribution in [0.25, 0.3) is 16.6 Å². The summed E-state index contributed by atoms with van der Waals surface area (Å²) < 4.78 is 7.68. The summed E-state index contributed by atoms with van der Waals surface area (Å²) in [4.78, 5) is 8.54. The average Bonchev–Trinajstić information content (AvgIpc) is 3.21.